The highest BCUT2D eigenvalue weighted by Gasteiger charge is 2.48. The summed E-state index contributed by atoms with van der Waals surface area (Å²) >= 11 is 0. The molecule has 196 valence electrons. The molecule has 1 aliphatic carbocycles. The second-order valence-corrected chi connectivity index (χ2v) is 12.2. The van der Waals surface area contributed by atoms with Crippen LogP contribution in [0.1, 0.15) is 94.5 Å². The van der Waals surface area contributed by atoms with E-state index in [-0.39, 0.29) is 53.8 Å². The molecule has 0 spiro atoms. The van der Waals surface area contributed by atoms with Gasteiger partial charge in [-0.15, -0.1) is 0 Å². The van der Waals surface area contributed by atoms with E-state index < -0.39 is 5.60 Å². The highest BCUT2D eigenvalue weighted by Crippen LogP contribution is 2.49. The third kappa shape index (κ3) is 4.85. The minimum absolute atomic E-state index is 0.0646. The molecule has 5 rings (SSSR count). The molecule has 0 N–H and O–H groups in total. The van der Waals surface area contributed by atoms with Crippen molar-refractivity contribution in [2.75, 3.05) is 7.11 Å². The van der Waals surface area contributed by atoms with Crippen molar-refractivity contribution in [1.82, 2.24) is 4.90 Å². The van der Waals surface area contributed by atoms with E-state index in [2.05, 4.69) is 0 Å². The normalized spacial score (nSPS) is 29.1. The SMILES string of the molecule is COC(=O)[C@@H](C)[C@H](c1ccc2c(c1)OC(C1C[C@H]3CC[C@@H](C1)N3C(=O)OC(C)(C)C)CC2=O)C1CC1. The first-order valence-corrected chi connectivity index (χ1v) is 13.5. The molecule has 6 atom stereocenters. The van der Waals surface area contributed by atoms with Crippen LogP contribution in [0.15, 0.2) is 18.2 Å². The van der Waals surface area contributed by atoms with Crippen LogP contribution in [-0.2, 0) is 14.3 Å². The highest BCUT2D eigenvalue weighted by atomic mass is 16.6. The van der Waals surface area contributed by atoms with Gasteiger partial charge in [-0.1, -0.05) is 13.0 Å². The number of Topliss-reactive ketones (excluding diaryl/α,β-unsaturated/α-hetero) is 1. The fraction of sp³-hybridized carbons (Fsp3) is 0.690. The van der Waals surface area contributed by atoms with Gasteiger partial charge in [-0.25, -0.2) is 4.79 Å². The van der Waals surface area contributed by atoms with E-state index in [4.69, 9.17) is 14.2 Å². The number of fused-ring (bicyclic) bond motifs is 3. The molecular formula is C29H39NO6. The fourth-order valence-corrected chi connectivity index (χ4v) is 6.73. The van der Waals surface area contributed by atoms with E-state index in [0.29, 0.717) is 23.7 Å². The number of methoxy groups -OCH3 is 1. The smallest absolute Gasteiger partial charge is 0.410 e. The summed E-state index contributed by atoms with van der Waals surface area (Å²) < 4.78 is 17.2. The van der Waals surface area contributed by atoms with Crippen LogP contribution in [0, 0.1) is 17.8 Å². The molecule has 2 unspecified atom stereocenters. The summed E-state index contributed by atoms with van der Waals surface area (Å²) in [7, 11) is 1.43. The van der Waals surface area contributed by atoms with Crippen LogP contribution in [0.4, 0.5) is 4.79 Å². The zero-order chi connectivity index (χ0) is 25.8. The zero-order valence-corrected chi connectivity index (χ0v) is 22.1. The number of esters is 1. The van der Waals surface area contributed by atoms with Crippen molar-refractivity contribution in [3.8, 4) is 5.75 Å². The second kappa shape index (κ2) is 9.38. The van der Waals surface area contributed by atoms with Crippen molar-refractivity contribution in [2.24, 2.45) is 17.8 Å². The number of ketones is 1. The second-order valence-electron chi connectivity index (χ2n) is 12.2. The first-order valence-electron chi connectivity index (χ1n) is 13.5. The molecule has 7 nitrogen and oxygen atoms in total. The molecule has 0 aromatic heterocycles. The third-order valence-corrected chi connectivity index (χ3v) is 8.50. The topological polar surface area (TPSA) is 82.1 Å². The summed E-state index contributed by atoms with van der Waals surface area (Å²) in [6, 6.07) is 6.12. The van der Waals surface area contributed by atoms with E-state index in [0.717, 1.165) is 44.1 Å². The van der Waals surface area contributed by atoms with Gasteiger partial charge in [-0.2, -0.15) is 0 Å². The van der Waals surface area contributed by atoms with Gasteiger partial charge < -0.3 is 19.1 Å². The average Bonchev–Trinajstić information content (AvgIpc) is 3.61. The Morgan fingerprint density at radius 2 is 1.75 bits per heavy atom. The van der Waals surface area contributed by atoms with E-state index >= 15 is 0 Å². The van der Waals surface area contributed by atoms with Crippen LogP contribution >= 0.6 is 0 Å². The average molecular weight is 498 g/mol. The first kappa shape index (κ1) is 25.1. The van der Waals surface area contributed by atoms with Crippen molar-refractivity contribution in [3.63, 3.8) is 0 Å². The van der Waals surface area contributed by atoms with Crippen LogP contribution in [0.2, 0.25) is 0 Å². The molecule has 3 heterocycles. The van der Waals surface area contributed by atoms with Crippen molar-refractivity contribution < 1.29 is 28.6 Å². The van der Waals surface area contributed by atoms with Crippen molar-refractivity contribution in [3.05, 3.63) is 29.3 Å². The molecule has 7 heteroatoms. The molecule has 1 aromatic carbocycles. The molecule has 3 fully saturated rings. The number of hydrogen-bond acceptors (Lipinski definition) is 6. The summed E-state index contributed by atoms with van der Waals surface area (Å²) in [5, 5.41) is 0. The van der Waals surface area contributed by atoms with Gasteiger partial charge >= 0.3 is 12.1 Å². The maximum absolute atomic E-state index is 13.1. The number of ether oxygens (including phenoxy) is 3. The number of rotatable bonds is 5. The highest BCUT2D eigenvalue weighted by molar-refractivity contribution is 6.00. The zero-order valence-electron chi connectivity index (χ0n) is 22.1. The summed E-state index contributed by atoms with van der Waals surface area (Å²) in [6.45, 7) is 7.61. The Hall–Kier alpha value is -2.57. The number of piperidine rings is 1. The van der Waals surface area contributed by atoms with Gasteiger partial charge in [-0.05, 0) is 88.8 Å². The monoisotopic (exact) mass is 497 g/mol. The van der Waals surface area contributed by atoms with Gasteiger partial charge in [0.1, 0.15) is 17.5 Å². The lowest BCUT2D eigenvalue weighted by molar-refractivity contribution is -0.145. The molecule has 3 aliphatic heterocycles. The Kier molecular flexibility index (Phi) is 6.54. The van der Waals surface area contributed by atoms with Gasteiger partial charge in [0.15, 0.2) is 5.78 Å². The Bertz CT molecular complexity index is 1030. The van der Waals surface area contributed by atoms with Crippen LogP contribution in [0.3, 0.4) is 0 Å². The Labute approximate surface area is 213 Å². The van der Waals surface area contributed by atoms with Crippen LogP contribution in [0.5, 0.6) is 5.75 Å². The molecule has 1 amide bonds. The largest absolute Gasteiger partial charge is 0.489 e. The number of hydrogen-bond donors (Lipinski definition) is 0. The van der Waals surface area contributed by atoms with Crippen molar-refractivity contribution in [1.29, 1.82) is 0 Å². The lowest BCUT2D eigenvalue weighted by Gasteiger charge is -2.42. The lowest BCUT2D eigenvalue weighted by Crippen LogP contribution is -2.51. The fourth-order valence-electron chi connectivity index (χ4n) is 6.73. The maximum atomic E-state index is 13.1. The summed E-state index contributed by atoms with van der Waals surface area (Å²) in [5.74, 6) is 1.04. The molecule has 1 saturated carbocycles. The van der Waals surface area contributed by atoms with E-state index in [9.17, 15) is 14.4 Å². The standard InChI is InChI=1S/C29H39NO6/c1-16(27(32)34-5)26(17-6-7-17)18-8-11-22-23(31)15-24(35-25(22)14-18)19-12-20-9-10-21(13-19)30(20)28(33)36-29(2,3)4/h8,11,14,16-17,19-21,24,26H,6-7,9-10,12-13,15H2,1-5H3/t16-,19?,20-,21+,24?,26-/m0/s1. The van der Waals surface area contributed by atoms with E-state index in [1.54, 1.807) is 0 Å². The van der Waals surface area contributed by atoms with Gasteiger partial charge in [0.25, 0.3) is 0 Å². The van der Waals surface area contributed by atoms with Crippen LogP contribution < -0.4 is 4.74 Å². The molecule has 1 aromatic rings. The minimum Gasteiger partial charge on any atom is -0.489 e. The van der Waals surface area contributed by atoms with Crippen molar-refractivity contribution >= 4 is 17.8 Å². The number of benzene rings is 1. The van der Waals surface area contributed by atoms with Crippen molar-refractivity contribution in [2.45, 2.75) is 102 Å². The lowest BCUT2D eigenvalue weighted by atomic mass is 9.80. The molecule has 2 bridgehead atoms. The number of nitrogens with zero attached hydrogens (tertiary/aromatic N) is 1. The maximum Gasteiger partial charge on any atom is 0.410 e. The number of carbonyl (C=O) groups is 3. The molecular weight excluding hydrogens is 458 g/mol. The first-order chi connectivity index (χ1) is 17.1. The number of amides is 1. The molecule has 4 aliphatic rings. The molecule has 2 saturated heterocycles. The van der Waals surface area contributed by atoms with E-state index in [1.165, 1.54) is 7.11 Å². The van der Waals surface area contributed by atoms with Gasteiger partial charge in [0.2, 0.25) is 0 Å². The molecule has 36 heavy (non-hydrogen) atoms. The number of carbonyl (C=O) groups excluding carboxylic acids is 3. The Morgan fingerprint density at radius 1 is 1.08 bits per heavy atom. The van der Waals surface area contributed by atoms with Gasteiger partial charge in [0, 0.05) is 24.4 Å². The van der Waals surface area contributed by atoms with Crippen LogP contribution in [-0.4, -0.2) is 53.6 Å². The van der Waals surface area contributed by atoms with Crippen LogP contribution in [0.25, 0.3) is 0 Å². The van der Waals surface area contributed by atoms with Gasteiger partial charge in [-0.3, -0.25) is 9.59 Å². The van der Waals surface area contributed by atoms with E-state index in [1.807, 2.05) is 50.8 Å². The predicted octanol–water partition coefficient (Wildman–Crippen LogP) is 5.50. The molecule has 0 radical (unpaired) electrons. The van der Waals surface area contributed by atoms with Gasteiger partial charge in [0.05, 0.1) is 18.6 Å². The minimum atomic E-state index is -0.516. The third-order valence-electron chi connectivity index (χ3n) is 8.50. The predicted molar refractivity (Wildman–Crippen MR) is 134 cm³/mol. The quantitative estimate of drug-likeness (QED) is 0.500. The summed E-state index contributed by atoms with van der Waals surface area (Å²) in [5.41, 5.74) is 1.16. The summed E-state index contributed by atoms with van der Waals surface area (Å²) in [4.78, 5) is 40.2. The Balaban J connectivity index is 1.32. The summed E-state index contributed by atoms with van der Waals surface area (Å²) in [6.07, 6.45) is 5.74. The Morgan fingerprint density at radius 3 is 2.33 bits per heavy atom.